The minimum absolute atomic E-state index is 0. The van der Waals surface area contributed by atoms with Gasteiger partial charge in [0.05, 0.1) is 10.6 Å². The van der Waals surface area contributed by atoms with Crippen molar-refractivity contribution in [2.24, 2.45) is 5.73 Å². The summed E-state index contributed by atoms with van der Waals surface area (Å²) in [6.45, 7) is 1.77. The van der Waals surface area contributed by atoms with Gasteiger partial charge in [-0.3, -0.25) is 4.79 Å². The maximum Gasteiger partial charge on any atom is 0.197 e. The molecule has 0 spiro atoms. The first kappa shape index (κ1) is 16.5. The van der Waals surface area contributed by atoms with Crippen LogP contribution in [0.4, 0.5) is 13.2 Å². The molecule has 0 aliphatic rings. The first-order chi connectivity index (χ1) is 10.4. The van der Waals surface area contributed by atoms with Gasteiger partial charge in [-0.2, -0.15) is 0 Å². The largest absolute Gasteiger partial charge is 0.324 e. The van der Waals surface area contributed by atoms with E-state index in [1.54, 1.807) is 6.92 Å². The summed E-state index contributed by atoms with van der Waals surface area (Å²) in [6.07, 6.45) is 0.470. The molecule has 6 heteroatoms. The van der Waals surface area contributed by atoms with E-state index in [-0.39, 0.29) is 20.4 Å². The van der Waals surface area contributed by atoms with Crippen LogP contribution in [-0.4, -0.2) is 5.78 Å². The molecule has 0 saturated heterocycles. The molecule has 0 saturated carbocycles. The summed E-state index contributed by atoms with van der Waals surface area (Å²) in [7, 11) is 0. The van der Waals surface area contributed by atoms with E-state index in [9.17, 15) is 18.0 Å². The van der Waals surface area contributed by atoms with Crippen LogP contribution in [0, 0.1) is 17.5 Å². The van der Waals surface area contributed by atoms with Crippen molar-refractivity contribution in [3.8, 4) is 0 Å². The van der Waals surface area contributed by atoms with E-state index < -0.39 is 34.8 Å². The number of hydrogen-bond donors (Lipinski definition) is 1. The Morgan fingerprint density at radius 1 is 1.23 bits per heavy atom. The van der Waals surface area contributed by atoms with Gasteiger partial charge in [-0.05, 0) is 30.7 Å². The minimum Gasteiger partial charge on any atom is -0.324 e. The Morgan fingerprint density at radius 2 is 1.91 bits per heavy atom. The zero-order valence-electron chi connectivity index (χ0n) is 11.7. The highest BCUT2D eigenvalue weighted by molar-refractivity contribution is 6.35. The van der Waals surface area contributed by atoms with Gasteiger partial charge in [0.25, 0.3) is 0 Å². The summed E-state index contributed by atoms with van der Waals surface area (Å²) in [5.41, 5.74) is 5.36. The fraction of sp³-hybridized carbons (Fsp3) is 0.188. The molecule has 1 atom stereocenters. The van der Waals surface area contributed by atoms with E-state index in [1.165, 1.54) is 12.1 Å². The van der Waals surface area contributed by atoms with Crippen molar-refractivity contribution in [2.45, 2.75) is 19.4 Å². The fourth-order valence-electron chi connectivity index (χ4n) is 2.06. The lowest BCUT2D eigenvalue weighted by Crippen LogP contribution is -2.15. The van der Waals surface area contributed by atoms with Gasteiger partial charge in [0.1, 0.15) is 5.82 Å². The van der Waals surface area contributed by atoms with Crippen molar-refractivity contribution in [3.63, 3.8) is 0 Å². The summed E-state index contributed by atoms with van der Waals surface area (Å²) in [5, 5.41) is -0.112. The summed E-state index contributed by atoms with van der Waals surface area (Å²) >= 11 is 5.90. The lowest BCUT2D eigenvalue weighted by atomic mass is 9.96. The maximum atomic E-state index is 14.5. The predicted molar refractivity (Wildman–Crippen MR) is 84.8 cm³/mol. The molecule has 0 aliphatic heterocycles. The molecule has 2 rings (SSSR count). The highest BCUT2D eigenvalue weighted by Crippen LogP contribution is 2.29. The van der Waals surface area contributed by atoms with E-state index in [1.807, 2.05) is 0 Å². The van der Waals surface area contributed by atoms with Crippen LogP contribution >= 0.6 is 11.6 Å². The summed E-state index contributed by atoms with van der Waals surface area (Å²) in [6, 6.07) is 4.77. The van der Waals surface area contributed by atoms with Crippen molar-refractivity contribution in [2.75, 3.05) is 0 Å². The van der Waals surface area contributed by atoms with E-state index in [0.29, 0.717) is 12.5 Å². The average Bonchev–Trinajstić information content (AvgIpc) is 2.49. The molecular formula is C16H19ClF3NO. The van der Waals surface area contributed by atoms with E-state index >= 15 is 0 Å². The van der Waals surface area contributed by atoms with Gasteiger partial charge in [0.2, 0.25) is 0 Å². The second kappa shape index (κ2) is 6.50. The van der Waals surface area contributed by atoms with Crippen molar-refractivity contribution >= 4 is 17.4 Å². The molecular weight excluding hydrogens is 315 g/mol. The lowest BCUT2D eigenvalue weighted by molar-refractivity contribution is 0.103. The third-order valence-electron chi connectivity index (χ3n) is 3.37. The number of nitrogens with two attached hydrogens (primary N) is 1. The third-order valence-corrected chi connectivity index (χ3v) is 3.68. The number of halogens is 4. The van der Waals surface area contributed by atoms with Gasteiger partial charge in [-0.25, -0.2) is 13.2 Å². The number of benzene rings is 2. The summed E-state index contributed by atoms with van der Waals surface area (Å²) in [5.74, 6) is -3.95. The number of rotatable bonds is 4. The van der Waals surface area contributed by atoms with Crippen LogP contribution in [0.3, 0.4) is 0 Å². The molecule has 0 aromatic heterocycles. The molecule has 22 heavy (non-hydrogen) atoms. The Hall–Kier alpha value is -1.85. The van der Waals surface area contributed by atoms with Crippen molar-refractivity contribution < 1.29 is 22.2 Å². The SMILES string of the molecule is CC[C@@H](N)c1ccc(Cl)c(C(=O)c2ccc(F)c(F)c2)c1F.[HH].[HH].[HH]. The van der Waals surface area contributed by atoms with Crippen molar-refractivity contribution in [1.29, 1.82) is 0 Å². The molecule has 0 bridgehead atoms. The number of carbonyl (C=O) groups excluding carboxylic acids is 1. The standard InChI is InChI=1S/C16H13ClF3NO.3H2/c1-2-13(21)9-4-5-10(17)14(15(9)20)16(22)8-3-6-11(18)12(19)7-8;;;/h3-7,13H,2,21H2,1H3;3*1H/t13-;;;/m1.../s1. The predicted octanol–water partition coefficient (Wildman–Crippen LogP) is 5.14. The Labute approximate surface area is 135 Å². The van der Waals surface area contributed by atoms with Gasteiger partial charge >= 0.3 is 0 Å². The third kappa shape index (κ3) is 3.00. The lowest BCUT2D eigenvalue weighted by Gasteiger charge is -2.14. The fourth-order valence-corrected chi connectivity index (χ4v) is 2.30. The summed E-state index contributed by atoms with van der Waals surface area (Å²) < 4.78 is 40.7. The quantitative estimate of drug-likeness (QED) is 0.787. The number of hydrogen-bond acceptors (Lipinski definition) is 2. The zero-order chi connectivity index (χ0) is 16.4. The second-order valence-corrected chi connectivity index (χ2v) is 5.21. The Balaban J connectivity index is 0. The van der Waals surface area contributed by atoms with Crippen LogP contribution in [-0.2, 0) is 0 Å². The first-order valence-corrected chi connectivity index (χ1v) is 6.97. The molecule has 2 aromatic rings. The molecule has 2 aromatic carbocycles. The molecule has 2 nitrogen and oxygen atoms in total. The monoisotopic (exact) mass is 333 g/mol. The highest BCUT2D eigenvalue weighted by Gasteiger charge is 2.23. The molecule has 122 valence electrons. The van der Waals surface area contributed by atoms with Gasteiger partial charge < -0.3 is 5.73 Å². The van der Waals surface area contributed by atoms with E-state index in [2.05, 4.69) is 0 Å². The first-order valence-electron chi connectivity index (χ1n) is 6.60. The maximum absolute atomic E-state index is 14.5. The van der Waals surface area contributed by atoms with E-state index in [0.717, 1.165) is 12.1 Å². The Kier molecular flexibility index (Phi) is 4.88. The molecule has 0 unspecified atom stereocenters. The number of carbonyl (C=O) groups is 1. The van der Waals surface area contributed by atoms with Gasteiger partial charge in [-0.1, -0.05) is 24.6 Å². The van der Waals surface area contributed by atoms with Gasteiger partial charge in [-0.15, -0.1) is 0 Å². The molecule has 2 N–H and O–H groups in total. The molecule has 0 heterocycles. The summed E-state index contributed by atoms with van der Waals surface area (Å²) in [4.78, 5) is 12.4. The molecule has 0 amide bonds. The Bertz CT molecular complexity index is 747. The van der Waals surface area contributed by atoms with Crippen molar-refractivity contribution in [1.82, 2.24) is 0 Å². The second-order valence-electron chi connectivity index (χ2n) is 4.80. The highest BCUT2D eigenvalue weighted by atomic mass is 35.5. The number of ketones is 1. The van der Waals surface area contributed by atoms with E-state index in [4.69, 9.17) is 17.3 Å². The minimum atomic E-state index is -1.19. The van der Waals surface area contributed by atoms with Crippen LogP contribution < -0.4 is 5.73 Å². The average molecular weight is 334 g/mol. The Morgan fingerprint density at radius 3 is 2.50 bits per heavy atom. The molecule has 0 radical (unpaired) electrons. The molecule has 0 fully saturated rings. The smallest absolute Gasteiger partial charge is 0.197 e. The van der Waals surface area contributed by atoms with Crippen LogP contribution in [0.25, 0.3) is 0 Å². The van der Waals surface area contributed by atoms with Gasteiger partial charge in [0, 0.05) is 21.4 Å². The topological polar surface area (TPSA) is 43.1 Å². The van der Waals surface area contributed by atoms with Crippen LogP contribution in [0.5, 0.6) is 0 Å². The zero-order valence-corrected chi connectivity index (χ0v) is 12.4. The normalized spacial score (nSPS) is 12.3. The molecule has 0 aliphatic carbocycles. The van der Waals surface area contributed by atoms with Gasteiger partial charge in [0.15, 0.2) is 17.4 Å². The van der Waals surface area contributed by atoms with Crippen LogP contribution in [0.1, 0.15) is 45.2 Å². The van der Waals surface area contributed by atoms with Crippen molar-refractivity contribution in [3.05, 3.63) is 69.5 Å². The van der Waals surface area contributed by atoms with Crippen LogP contribution in [0.15, 0.2) is 30.3 Å². The van der Waals surface area contributed by atoms with Crippen LogP contribution in [0.2, 0.25) is 5.02 Å².